The van der Waals surface area contributed by atoms with Crippen molar-refractivity contribution in [2.45, 2.75) is 18.9 Å². The van der Waals surface area contributed by atoms with E-state index >= 15 is 0 Å². The van der Waals surface area contributed by atoms with Crippen LogP contribution in [0.5, 0.6) is 0 Å². The molecule has 0 bridgehead atoms. The van der Waals surface area contributed by atoms with E-state index in [9.17, 15) is 0 Å². The van der Waals surface area contributed by atoms with Gasteiger partial charge in [0, 0.05) is 5.56 Å². The third kappa shape index (κ3) is 2.10. The maximum Gasteiger partial charge on any atom is 0.144 e. The van der Waals surface area contributed by atoms with Crippen molar-refractivity contribution in [2.24, 2.45) is 10.8 Å². The fourth-order valence-electron chi connectivity index (χ4n) is 1.03. The molecule has 0 aliphatic heterocycles. The maximum absolute atomic E-state index is 5.41. The fraction of sp³-hybridized carbons (Fsp3) is 0.375. The first-order valence-electron chi connectivity index (χ1n) is 4.09. The Hall–Kier alpha value is -0.390. The third-order valence-electron chi connectivity index (χ3n) is 1.87. The van der Waals surface area contributed by atoms with Crippen LogP contribution in [0.3, 0.4) is 0 Å². The van der Waals surface area contributed by atoms with E-state index < -0.39 is 0 Å². The monoisotopic (exact) mass is 259 g/mol. The predicted octanol–water partition coefficient (Wildman–Crippen LogP) is 1.88. The number of rotatable bonds is 2. The van der Waals surface area contributed by atoms with Crippen molar-refractivity contribution in [3.63, 3.8) is 0 Å². The lowest BCUT2D eigenvalue weighted by Crippen LogP contribution is -2.31. The molecular weight excluding hydrogens is 250 g/mol. The molecule has 13 heavy (non-hydrogen) atoms. The van der Waals surface area contributed by atoms with Crippen LogP contribution in [0.4, 0.5) is 0 Å². The summed E-state index contributed by atoms with van der Waals surface area (Å²) in [6.45, 7) is 0. The molecule has 1 aromatic heterocycles. The van der Waals surface area contributed by atoms with Gasteiger partial charge in [0.25, 0.3) is 0 Å². The Kier molecular flexibility index (Phi) is 2.66. The normalized spacial score (nSPS) is 17.5. The van der Waals surface area contributed by atoms with E-state index in [1.165, 1.54) is 12.8 Å². The molecule has 1 aliphatic rings. The molecule has 1 heterocycles. The van der Waals surface area contributed by atoms with Crippen LogP contribution in [0, 0.1) is 0 Å². The molecule has 1 fully saturated rings. The predicted molar refractivity (Wildman–Crippen MR) is 58.9 cm³/mol. The number of amidine groups is 1. The average Bonchev–Trinajstić information content (AvgIpc) is 2.85. The summed E-state index contributed by atoms with van der Waals surface area (Å²) < 4.78 is 1.07. The van der Waals surface area contributed by atoms with Crippen molar-refractivity contribution in [1.82, 2.24) is 5.43 Å². The molecule has 70 valence electrons. The van der Waals surface area contributed by atoms with Gasteiger partial charge in [0.15, 0.2) is 0 Å². The van der Waals surface area contributed by atoms with E-state index in [0.717, 1.165) is 15.2 Å². The van der Waals surface area contributed by atoms with E-state index in [4.69, 9.17) is 5.84 Å². The third-order valence-corrected chi connectivity index (χ3v) is 3.56. The second kappa shape index (κ2) is 3.77. The Morgan fingerprint density at radius 2 is 2.46 bits per heavy atom. The molecule has 0 radical (unpaired) electrons. The van der Waals surface area contributed by atoms with Crippen molar-refractivity contribution in [3.05, 3.63) is 20.8 Å². The van der Waals surface area contributed by atoms with Gasteiger partial charge in [0.2, 0.25) is 0 Å². The molecule has 0 atom stereocenters. The van der Waals surface area contributed by atoms with Gasteiger partial charge in [-0.2, -0.15) is 0 Å². The molecule has 2 rings (SSSR count). The molecule has 1 aromatic rings. The standard InChI is InChI=1S/C8H10BrN3S/c9-7-6(3-4-13-7)8(12-10)11-5-1-2-5/h3-5H,1-2,10H2,(H,11,12). The number of thiophene rings is 1. The molecule has 0 unspecified atom stereocenters. The molecule has 0 spiro atoms. The van der Waals surface area contributed by atoms with Gasteiger partial charge in [-0.1, -0.05) is 0 Å². The average molecular weight is 260 g/mol. The molecule has 0 amide bonds. The van der Waals surface area contributed by atoms with Crippen molar-refractivity contribution < 1.29 is 0 Å². The highest BCUT2D eigenvalue weighted by Gasteiger charge is 2.21. The largest absolute Gasteiger partial charge is 0.308 e. The summed E-state index contributed by atoms with van der Waals surface area (Å²) >= 11 is 5.10. The van der Waals surface area contributed by atoms with Gasteiger partial charge in [-0.05, 0) is 40.2 Å². The Balaban J connectivity index is 2.25. The number of nitrogens with two attached hydrogens (primary N) is 1. The molecule has 0 aromatic carbocycles. The van der Waals surface area contributed by atoms with E-state index in [-0.39, 0.29) is 0 Å². The Bertz CT molecular complexity index is 330. The molecule has 1 aliphatic carbocycles. The van der Waals surface area contributed by atoms with Gasteiger partial charge >= 0.3 is 0 Å². The first-order valence-corrected chi connectivity index (χ1v) is 5.76. The van der Waals surface area contributed by atoms with Gasteiger partial charge in [-0.3, -0.25) is 4.99 Å². The zero-order valence-corrected chi connectivity index (χ0v) is 9.36. The summed E-state index contributed by atoms with van der Waals surface area (Å²) in [4.78, 5) is 4.47. The van der Waals surface area contributed by atoms with Crippen LogP contribution in [-0.4, -0.2) is 11.9 Å². The van der Waals surface area contributed by atoms with Crippen LogP contribution in [0.1, 0.15) is 18.4 Å². The van der Waals surface area contributed by atoms with E-state index in [1.54, 1.807) is 11.3 Å². The summed E-state index contributed by atoms with van der Waals surface area (Å²) in [5, 5.41) is 2.01. The highest BCUT2D eigenvalue weighted by atomic mass is 79.9. The zero-order valence-electron chi connectivity index (χ0n) is 6.96. The van der Waals surface area contributed by atoms with Crippen LogP contribution in [0.25, 0.3) is 0 Å². The van der Waals surface area contributed by atoms with Crippen LogP contribution in [-0.2, 0) is 0 Å². The smallest absolute Gasteiger partial charge is 0.144 e. The molecule has 3 N–H and O–H groups in total. The lowest BCUT2D eigenvalue weighted by Gasteiger charge is -2.03. The molecule has 3 nitrogen and oxygen atoms in total. The number of halogens is 1. The summed E-state index contributed by atoms with van der Waals surface area (Å²) in [5.41, 5.74) is 3.70. The van der Waals surface area contributed by atoms with Gasteiger partial charge < -0.3 is 5.43 Å². The SMILES string of the molecule is NNC(=NC1CC1)c1ccsc1Br. The van der Waals surface area contributed by atoms with E-state index in [0.29, 0.717) is 6.04 Å². The second-order valence-corrected chi connectivity index (χ2v) is 5.20. The lowest BCUT2D eigenvalue weighted by atomic mass is 10.3. The maximum atomic E-state index is 5.41. The van der Waals surface area contributed by atoms with Crippen molar-refractivity contribution in [3.8, 4) is 0 Å². The minimum Gasteiger partial charge on any atom is -0.308 e. The Morgan fingerprint density at radius 3 is 2.92 bits per heavy atom. The first-order chi connectivity index (χ1) is 6.31. The molecule has 5 heteroatoms. The number of hydrazine groups is 1. The van der Waals surface area contributed by atoms with Crippen molar-refractivity contribution in [2.75, 3.05) is 0 Å². The van der Waals surface area contributed by atoms with Crippen LogP contribution >= 0.6 is 27.3 Å². The molecule has 0 saturated heterocycles. The number of nitrogens with one attached hydrogen (secondary N) is 1. The Labute approximate surface area is 89.1 Å². The van der Waals surface area contributed by atoms with Crippen molar-refractivity contribution >= 4 is 33.1 Å². The molecular formula is C8H10BrN3S. The number of aliphatic imine (C=N–C) groups is 1. The summed E-state index contributed by atoms with van der Waals surface area (Å²) in [6.07, 6.45) is 2.37. The summed E-state index contributed by atoms with van der Waals surface area (Å²) in [5.74, 6) is 6.20. The van der Waals surface area contributed by atoms with Crippen molar-refractivity contribution in [1.29, 1.82) is 0 Å². The van der Waals surface area contributed by atoms with Crippen LogP contribution < -0.4 is 11.3 Å². The highest BCUT2D eigenvalue weighted by Crippen LogP contribution is 2.27. The zero-order chi connectivity index (χ0) is 9.26. The quantitative estimate of drug-likeness (QED) is 0.369. The van der Waals surface area contributed by atoms with Crippen LogP contribution in [0.15, 0.2) is 20.2 Å². The second-order valence-electron chi connectivity index (χ2n) is 2.96. The van der Waals surface area contributed by atoms with E-state index in [1.807, 2.05) is 11.4 Å². The highest BCUT2D eigenvalue weighted by molar-refractivity contribution is 9.11. The summed E-state index contributed by atoms with van der Waals surface area (Å²) in [7, 11) is 0. The number of hydrogen-bond acceptors (Lipinski definition) is 3. The van der Waals surface area contributed by atoms with Crippen LogP contribution in [0.2, 0.25) is 0 Å². The lowest BCUT2D eigenvalue weighted by molar-refractivity contribution is 0.971. The number of nitrogens with zero attached hydrogens (tertiary/aromatic N) is 1. The first kappa shape index (κ1) is 9.18. The van der Waals surface area contributed by atoms with E-state index in [2.05, 4.69) is 26.3 Å². The minimum atomic E-state index is 0.484. The van der Waals surface area contributed by atoms with Gasteiger partial charge in [-0.25, -0.2) is 5.84 Å². The van der Waals surface area contributed by atoms with Gasteiger partial charge in [-0.15, -0.1) is 11.3 Å². The van der Waals surface area contributed by atoms with Gasteiger partial charge in [0.1, 0.15) is 5.84 Å². The molecule has 1 saturated carbocycles. The minimum absolute atomic E-state index is 0.484. The summed E-state index contributed by atoms with van der Waals surface area (Å²) in [6, 6.07) is 2.49. The Morgan fingerprint density at radius 1 is 1.69 bits per heavy atom. The van der Waals surface area contributed by atoms with Gasteiger partial charge in [0.05, 0.1) is 9.83 Å². The number of hydrogen-bond donors (Lipinski definition) is 2. The fourth-order valence-corrected chi connectivity index (χ4v) is 2.29. The topological polar surface area (TPSA) is 50.4 Å².